The third-order valence-corrected chi connectivity index (χ3v) is 5.69. The van der Waals surface area contributed by atoms with Gasteiger partial charge in [-0.15, -0.1) is 0 Å². The standard InChI is InChI=1S/C19H30N2O4S/c1-3-13-21(16-11-12-20-15-16)19(22)6-4-5-14-25-17-7-9-18(10-8-17)26(2,23)24/h7-10,16,20H,3-6,11-15H2,1-2H3. The SMILES string of the molecule is CCCN(C(=O)CCCCOc1ccc(S(C)(=O)=O)cc1)C1CCNC1. The van der Waals surface area contributed by atoms with Crippen LogP contribution in [-0.2, 0) is 14.6 Å². The first-order valence-corrected chi connectivity index (χ1v) is 11.2. The second-order valence-corrected chi connectivity index (χ2v) is 8.80. The summed E-state index contributed by atoms with van der Waals surface area (Å²) in [6, 6.07) is 6.76. The Balaban J connectivity index is 1.70. The lowest BCUT2D eigenvalue weighted by molar-refractivity contribution is -0.133. The van der Waals surface area contributed by atoms with Gasteiger partial charge in [-0.2, -0.15) is 0 Å². The van der Waals surface area contributed by atoms with Gasteiger partial charge in [0.15, 0.2) is 9.84 Å². The van der Waals surface area contributed by atoms with Gasteiger partial charge in [0.1, 0.15) is 5.75 Å². The average molecular weight is 383 g/mol. The van der Waals surface area contributed by atoms with Crippen molar-refractivity contribution in [3.05, 3.63) is 24.3 Å². The molecule has 1 aromatic rings. The highest BCUT2D eigenvalue weighted by atomic mass is 32.2. The van der Waals surface area contributed by atoms with E-state index in [0.717, 1.165) is 45.3 Å². The van der Waals surface area contributed by atoms with Crippen molar-refractivity contribution in [1.82, 2.24) is 10.2 Å². The summed E-state index contributed by atoms with van der Waals surface area (Å²) in [6.07, 6.45) is 5.34. The Labute approximate surface area is 156 Å². The number of nitrogens with zero attached hydrogens (tertiary/aromatic N) is 1. The molecular formula is C19H30N2O4S. The fourth-order valence-electron chi connectivity index (χ4n) is 3.15. The topological polar surface area (TPSA) is 75.7 Å². The van der Waals surface area contributed by atoms with Gasteiger partial charge in [-0.3, -0.25) is 4.79 Å². The lowest BCUT2D eigenvalue weighted by Gasteiger charge is -2.28. The van der Waals surface area contributed by atoms with Crippen LogP contribution in [0.2, 0.25) is 0 Å². The smallest absolute Gasteiger partial charge is 0.222 e. The van der Waals surface area contributed by atoms with Gasteiger partial charge in [0.2, 0.25) is 5.91 Å². The summed E-state index contributed by atoms with van der Waals surface area (Å²) in [5.74, 6) is 0.881. The first kappa shape index (κ1) is 20.7. The summed E-state index contributed by atoms with van der Waals surface area (Å²) in [7, 11) is -3.18. The summed E-state index contributed by atoms with van der Waals surface area (Å²) in [5, 5.41) is 3.32. The van der Waals surface area contributed by atoms with Gasteiger partial charge in [-0.25, -0.2) is 8.42 Å². The zero-order valence-electron chi connectivity index (χ0n) is 15.7. The van der Waals surface area contributed by atoms with E-state index in [0.29, 0.717) is 24.8 Å². The molecule has 0 radical (unpaired) electrons. The maximum absolute atomic E-state index is 12.5. The number of rotatable bonds is 10. The molecular weight excluding hydrogens is 352 g/mol. The number of carbonyl (C=O) groups excluding carboxylic acids is 1. The molecule has 1 unspecified atom stereocenters. The van der Waals surface area contributed by atoms with Crippen LogP contribution in [-0.4, -0.2) is 57.8 Å². The highest BCUT2D eigenvalue weighted by Crippen LogP contribution is 2.17. The van der Waals surface area contributed by atoms with Crippen LogP contribution < -0.4 is 10.1 Å². The molecule has 0 bridgehead atoms. The summed E-state index contributed by atoms with van der Waals surface area (Å²) >= 11 is 0. The average Bonchev–Trinajstić information content (AvgIpc) is 3.13. The van der Waals surface area contributed by atoms with Gasteiger partial charge in [0.05, 0.1) is 11.5 Å². The molecule has 2 rings (SSSR count). The number of ether oxygens (including phenoxy) is 1. The highest BCUT2D eigenvalue weighted by molar-refractivity contribution is 7.90. The van der Waals surface area contributed by atoms with E-state index < -0.39 is 9.84 Å². The van der Waals surface area contributed by atoms with Crippen LogP contribution >= 0.6 is 0 Å². The number of benzene rings is 1. The molecule has 1 amide bonds. The number of hydrogen-bond donors (Lipinski definition) is 1. The van der Waals surface area contributed by atoms with E-state index in [9.17, 15) is 13.2 Å². The molecule has 7 heteroatoms. The number of nitrogens with one attached hydrogen (secondary N) is 1. The summed E-state index contributed by atoms with van der Waals surface area (Å²) in [4.78, 5) is 14.8. The zero-order chi connectivity index (χ0) is 19.0. The number of sulfone groups is 1. The first-order chi connectivity index (χ1) is 12.4. The van der Waals surface area contributed by atoms with E-state index >= 15 is 0 Å². The molecule has 1 N–H and O–H groups in total. The second kappa shape index (κ2) is 9.92. The van der Waals surface area contributed by atoms with Gasteiger partial charge >= 0.3 is 0 Å². The van der Waals surface area contributed by atoms with Crippen molar-refractivity contribution < 1.29 is 17.9 Å². The minimum Gasteiger partial charge on any atom is -0.494 e. The summed E-state index contributed by atoms with van der Waals surface area (Å²) < 4.78 is 28.5. The van der Waals surface area contributed by atoms with Gasteiger partial charge < -0.3 is 15.0 Å². The molecule has 1 aliphatic heterocycles. The lowest BCUT2D eigenvalue weighted by atomic mass is 10.1. The predicted molar refractivity (Wildman–Crippen MR) is 102 cm³/mol. The van der Waals surface area contributed by atoms with Crippen molar-refractivity contribution in [2.75, 3.05) is 32.5 Å². The van der Waals surface area contributed by atoms with Gasteiger partial charge in [0.25, 0.3) is 0 Å². The highest BCUT2D eigenvalue weighted by Gasteiger charge is 2.25. The fraction of sp³-hybridized carbons (Fsp3) is 0.632. The van der Waals surface area contributed by atoms with Crippen molar-refractivity contribution in [2.45, 2.75) is 50.0 Å². The van der Waals surface area contributed by atoms with Crippen molar-refractivity contribution in [3.63, 3.8) is 0 Å². The van der Waals surface area contributed by atoms with Crippen LogP contribution in [0.15, 0.2) is 29.2 Å². The van der Waals surface area contributed by atoms with E-state index in [1.165, 1.54) is 6.26 Å². The molecule has 1 saturated heterocycles. The van der Waals surface area contributed by atoms with Crippen LogP contribution in [0.1, 0.15) is 39.0 Å². The first-order valence-electron chi connectivity index (χ1n) is 9.35. The predicted octanol–water partition coefficient (Wildman–Crippen LogP) is 2.24. The molecule has 0 spiro atoms. The summed E-state index contributed by atoms with van der Waals surface area (Å²) in [5.41, 5.74) is 0. The van der Waals surface area contributed by atoms with E-state index in [-0.39, 0.29) is 10.8 Å². The third-order valence-electron chi connectivity index (χ3n) is 4.57. The minimum absolute atomic E-state index is 0.234. The second-order valence-electron chi connectivity index (χ2n) is 6.78. The molecule has 0 aliphatic carbocycles. The summed E-state index contributed by atoms with van der Waals surface area (Å²) in [6.45, 7) is 5.34. The maximum atomic E-state index is 12.5. The Kier molecular flexibility index (Phi) is 7.90. The van der Waals surface area contributed by atoms with Crippen molar-refractivity contribution in [1.29, 1.82) is 0 Å². The lowest BCUT2D eigenvalue weighted by Crippen LogP contribution is -2.42. The Bertz CT molecular complexity index is 667. The van der Waals surface area contributed by atoms with Crippen LogP contribution in [0.25, 0.3) is 0 Å². The van der Waals surface area contributed by atoms with Gasteiger partial charge in [-0.05, 0) is 56.5 Å². The molecule has 1 aliphatic rings. The molecule has 26 heavy (non-hydrogen) atoms. The molecule has 1 aromatic carbocycles. The van der Waals surface area contributed by atoms with Crippen molar-refractivity contribution in [3.8, 4) is 5.75 Å². The number of unbranched alkanes of at least 4 members (excludes halogenated alkanes) is 1. The largest absolute Gasteiger partial charge is 0.494 e. The minimum atomic E-state index is -3.18. The Morgan fingerprint density at radius 1 is 1.27 bits per heavy atom. The molecule has 1 fully saturated rings. The Hall–Kier alpha value is -1.60. The van der Waals surface area contributed by atoms with Crippen LogP contribution in [0.5, 0.6) is 5.75 Å². The number of hydrogen-bond acceptors (Lipinski definition) is 5. The van der Waals surface area contributed by atoms with Gasteiger partial charge in [-0.1, -0.05) is 6.92 Å². The number of carbonyl (C=O) groups is 1. The molecule has 146 valence electrons. The van der Waals surface area contributed by atoms with E-state index in [1.54, 1.807) is 24.3 Å². The maximum Gasteiger partial charge on any atom is 0.222 e. The number of amides is 1. The normalized spacial score (nSPS) is 17.2. The Morgan fingerprint density at radius 2 is 2.00 bits per heavy atom. The molecule has 6 nitrogen and oxygen atoms in total. The third kappa shape index (κ3) is 6.29. The van der Waals surface area contributed by atoms with Crippen LogP contribution in [0.4, 0.5) is 0 Å². The molecule has 1 atom stereocenters. The molecule has 0 saturated carbocycles. The zero-order valence-corrected chi connectivity index (χ0v) is 16.6. The van der Waals surface area contributed by atoms with Crippen molar-refractivity contribution >= 4 is 15.7 Å². The van der Waals surface area contributed by atoms with E-state index in [1.807, 2.05) is 4.90 Å². The van der Waals surface area contributed by atoms with E-state index in [4.69, 9.17) is 4.74 Å². The molecule has 0 aromatic heterocycles. The quantitative estimate of drug-likeness (QED) is 0.628. The van der Waals surface area contributed by atoms with Gasteiger partial charge in [0, 0.05) is 31.8 Å². The van der Waals surface area contributed by atoms with Crippen LogP contribution in [0.3, 0.4) is 0 Å². The van der Waals surface area contributed by atoms with Crippen molar-refractivity contribution in [2.24, 2.45) is 0 Å². The van der Waals surface area contributed by atoms with E-state index in [2.05, 4.69) is 12.2 Å². The monoisotopic (exact) mass is 382 g/mol. The molecule has 1 heterocycles. The van der Waals surface area contributed by atoms with Crippen LogP contribution in [0, 0.1) is 0 Å². The fourth-order valence-corrected chi connectivity index (χ4v) is 3.78. The Morgan fingerprint density at radius 3 is 2.58 bits per heavy atom.